The molecule has 2 aromatic rings. The summed E-state index contributed by atoms with van der Waals surface area (Å²) in [4.78, 5) is 7.01. The van der Waals surface area contributed by atoms with Gasteiger partial charge in [-0.3, -0.25) is 9.88 Å². The molecule has 2 rings (SSSR count). The van der Waals surface area contributed by atoms with Crippen molar-refractivity contribution in [2.45, 2.75) is 39.2 Å². The van der Waals surface area contributed by atoms with Gasteiger partial charge in [0, 0.05) is 22.6 Å². The van der Waals surface area contributed by atoms with Crippen LogP contribution < -0.4 is 0 Å². The van der Waals surface area contributed by atoms with E-state index in [0.717, 1.165) is 42.2 Å². The summed E-state index contributed by atoms with van der Waals surface area (Å²) in [7, 11) is 0. The van der Waals surface area contributed by atoms with Crippen molar-refractivity contribution in [3.8, 4) is 0 Å². The second-order valence-electron chi connectivity index (χ2n) is 5.52. The van der Waals surface area contributed by atoms with Crippen molar-refractivity contribution in [2.24, 2.45) is 0 Å². The van der Waals surface area contributed by atoms with Gasteiger partial charge < -0.3 is 0 Å². The average Bonchev–Trinajstić information content (AvgIpc) is 2.53. The molecule has 0 fully saturated rings. The van der Waals surface area contributed by atoms with Crippen LogP contribution in [0.2, 0.25) is 5.02 Å². The van der Waals surface area contributed by atoms with Crippen molar-refractivity contribution in [1.29, 1.82) is 0 Å². The minimum Gasteiger partial charge on any atom is -0.297 e. The molecule has 0 N–H and O–H groups in total. The maximum atomic E-state index is 6.11. The van der Waals surface area contributed by atoms with E-state index in [1.54, 1.807) is 0 Å². The van der Waals surface area contributed by atoms with Gasteiger partial charge in [-0.15, -0.1) is 0 Å². The summed E-state index contributed by atoms with van der Waals surface area (Å²) in [5.74, 6) is 0.956. The van der Waals surface area contributed by atoms with Crippen molar-refractivity contribution in [3.63, 3.8) is 0 Å². The molecule has 1 heterocycles. The van der Waals surface area contributed by atoms with Gasteiger partial charge in [0.25, 0.3) is 0 Å². The van der Waals surface area contributed by atoms with Crippen LogP contribution in [0, 0.1) is 0 Å². The Morgan fingerprint density at radius 3 is 2.64 bits per heavy atom. The SMILES string of the molecule is CCN(CC)C(CCCCS)c1ccnc2cc(Cl)ccc12. The van der Waals surface area contributed by atoms with Gasteiger partial charge in [-0.05, 0) is 55.4 Å². The lowest BCUT2D eigenvalue weighted by atomic mass is 9.96. The van der Waals surface area contributed by atoms with Crippen LogP contribution in [0.25, 0.3) is 10.9 Å². The zero-order chi connectivity index (χ0) is 15.9. The van der Waals surface area contributed by atoms with Crippen LogP contribution in [0.1, 0.15) is 44.7 Å². The number of hydrogen-bond donors (Lipinski definition) is 1. The number of halogens is 1. The average molecular weight is 337 g/mol. The Morgan fingerprint density at radius 1 is 1.18 bits per heavy atom. The van der Waals surface area contributed by atoms with Gasteiger partial charge in [0.1, 0.15) is 0 Å². The summed E-state index contributed by atoms with van der Waals surface area (Å²) < 4.78 is 0. The van der Waals surface area contributed by atoms with Gasteiger partial charge in [-0.2, -0.15) is 12.6 Å². The van der Waals surface area contributed by atoms with Crippen molar-refractivity contribution in [1.82, 2.24) is 9.88 Å². The molecule has 1 aromatic heterocycles. The Balaban J connectivity index is 2.41. The summed E-state index contributed by atoms with van der Waals surface area (Å²) in [6.45, 7) is 6.57. The molecule has 0 bridgehead atoms. The molecular weight excluding hydrogens is 312 g/mol. The molecule has 0 aliphatic rings. The van der Waals surface area contributed by atoms with Gasteiger partial charge in [0.05, 0.1) is 5.52 Å². The molecule has 0 radical (unpaired) electrons. The number of pyridine rings is 1. The van der Waals surface area contributed by atoms with E-state index in [9.17, 15) is 0 Å². The third kappa shape index (κ3) is 4.15. The van der Waals surface area contributed by atoms with Gasteiger partial charge in [0.2, 0.25) is 0 Å². The van der Waals surface area contributed by atoms with Crippen LogP contribution in [-0.2, 0) is 0 Å². The molecule has 1 atom stereocenters. The number of rotatable bonds is 8. The monoisotopic (exact) mass is 336 g/mol. The molecule has 0 saturated heterocycles. The fourth-order valence-corrected chi connectivity index (χ4v) is 3.47. The highest BCUT2D eigenvalue weighted by Gasteiger charge is 2.20. The number of fused-ring (bicyclic) bond motifs is 1. The molecule has 0 aliphatic carbocycles. The minimum atomic E-state index is 0.432. The highest BCUT2D eigenvalue weighted by molar-refractivity contribution is 7.80. The summed E-state index contributed by atoms with van der Waals surface area (Å²) in [6, 6.07) is 8.62. The molecule has 1 unspecified atom stereocenters. The van der Waals surface area contributed by atoms with E-state index in [1.165, 1.54) is 17.4 Å². The number of aromatic nitrogens is 1. The summed E-state index contributed by atoms with van der Waals surface area (Å²) in [5.41, 5.74) is 2.35. The third-order valence-electron chi connectivity index (χ3n) is 4.24. The topological polar surface area (TPSA) is 16.1 Å². The maximum absolute atomic E-state index is 6.11. The molecule has 120 valence electrons. The van der Waals surface area contributed by atoms with Crippen LogP contribution in [-0.4, -0.2) is 28.7 Å². The lowest BCUT2D eigenvalue weighted by Gasteiger charge is -2.31. The molecule has 1 aromatic carbocycles. The predicted octanol–water partition coefficient (Wildman–Crippen LogP) is 5.37. The molecule has 0 saturated carbocycles. The number of nitrogens with zero attached hydrogens (tertiary/aromatic N) is 2. The lowest BCUT2D eigenvalue weighted by molar-refractivity contribution is 0.206. The number of hydrogen-bond acceptors (Lipinski definition) is 3. The van der Waals surface area contributed by atoms with Crippen molar-refractivity contribution >= 4 is 35.1 Å². The molecule has 0 amide bonds. The van der Waals surface area contributed by atoms with Gasteiger partial charge >= 0.3 is 0 Å². The van der Waals surface area contributed by atoms with Crippen molar-refractivity contribution in [3.05, 3.63) is 41.0 Å². The van der Waals surface area contributed by atoms with Crippen LogP contribution in [0.15, 0.2) is 30.5 Å². The van der Waals surface area contributed by atoms with Crippen molar-refractivity contribution < 1.29 is 0 Å². The second-order valence-corrected chi connectivity index (χ2v) is 6.40. The highest BCUT2D eigenvalue weighted by atomic mass is 35.5. The largest absolute Gasteiger partial charge is 0.297 e. The van der Waals surface area contributed by atoms with E-state index in [2.05, 4.69) is 48.5 Å². The van der Waals surface area contributed by atoms with E-state index >= 15 is 0 Å². The Hall–Kier alpha value is -0.770. The quantitative estimate of drug-likeness (QED) is 0.515. The lowest BCUT2D eigenvalue weighted by Crippen LogP contribution is -2.28. The van der Waals surface area contributed by atoms with E-state index < -0.39 is 0 Å². The molecule has 0 spiro atoms. The van der Waals surface area contributed by atoms with E-state index in [0.29, 0.717) is 6.04 Å². The first-order valence-electron chi connectivity index (χ1n) is 8.10. The van der Waals surface area contributed by atoms with Crippen LogP contribution >= 0.6 is 24.2 Å². The zero-order valence-electron chi connectivity index (χ0n) is 13.4. The first-order valence-corrected chi connectivity index (χ1v) is 9.11. The standard InChI is InChI=1S/C18H25ClN2S/c1-3-21(4-2)18(7-5-6-12-22)16-10-11-20-17-13-14(19)8-9-15(16)17/h8-11,13,18,22H,3-7,12H2,1-2H3. The van der Waals surface area contributed by atoms with E-state index in [1.807, 2.05) is 18.3 Å². The zero-order valence-corrected chi connectivity index (χ0v) is 15.1. The molecule has 4 heteroatoms. The minimum absolute atomic E-state index is 0.432. The summed E-state index contributed by atoms with van der Waals surface area (Å²) in [6.07, 6.45) is 5.42. The van der Waals surface area contributed by atoms with Crippen LogP contribution in [0.4, 0.5) is 0 Å². The first kappa shape index (κ1) is 17.6. The summed E-state index contributed by atoms with van der Waals surface area (Å²) in [5, 5.41) is 1.96. The number of benzene rings is 1. The van der Waals surface area contributed by atoms with E-state index in [-0.39, 0.29) is 0 Å². The second kappa shape index (κ2) is 8.76. The predicted molar refractivity (Wildman–Crippen MR) is 100 cm³/mol. The Morgan fingerprint density at radius 2 is 1.95 bits per heavy atom. The summed E-state index contributed by atoms with van der Waals surface area (Å²) >= 11 is 10.5. The fourth-order valence-electron chi connectivity index (χ4n) is 3.08. The number of thiol groups is 1. The Labute approximate surface area is 144 Å². The van der Waals surface area contributed by atoms with Crippen LogP contribution in [0.5, 0.6) is 0 Å². The molecular formula is C18H25ClN2S. The Bertz CT molecular complexity index is 599. The van der Waals surface area contributed by atoms with Gasteiger partial charge in [-0.25, -0.2) is 0 Å². The number of unbranched alkanes of at least 4 members (excludes halogenated alkanes) is 1. The molecule has 0 aliphatic heterocycles. The maximum Gasteiger partial charge on any atom is 0.0720 e. The van der Waals surface area contributed by atoms with Gasteiger partial charge in [0.15, 0.2) is 0 Å². The smallest absolute Gasteiger partial charge is 0.0720 e. The van der Waals surface area contributed by atoms with Crippen molar-refractivity contribution in [2.75, 3.05) is 18.8 Å². The highest BCUT2D eigenvalue weighted by Crippen LogP contribution is 2.32. The van der Waals surface area contributed by atoms with Crippen LogP contribution in [0.3, 0.4) is 0 Å². The molecule has 22 heavy (non-hydrogen) atoms. The third-order valence-corrected chi connectivity index (χ3v) is 4.79. The normalized spacial score (nSPS) is 13.0. The van der Waals surface area contributed by atoms with Gasteiger partial charge in [-0.1, -0.05) is 37.9 Å². The Kier molecular flexibility index (Phi) is 7.00. The molecule has 2 nitrogen and oxygen atoms in total. The first-order chi connectivity index (χ1) is 10.7. The fraction of sp³-hybridized carbons (Fsp3) is 0.500. The van der Waals surface area contributed by atoms with E-state index in [4.69, 9.17) is 11.6 Å².